The fourth-order valence-corrected chi connectivity index (χ4v) is 5.87. The molecule has 7 heterocycles. The summed E-state index contributed by atoms with van der Waals surface area (Å²) in [5.41, 5.74) is 6.02. The van der Waals surface area contributed by atoms with Gasteiger partial charge in [0.2, 0.25) is 0 Å². The van der Waals surface area contributed by atoms with Crippen molar-refractivity contribution in [1.29, 1.82) is 0 Å². The van der Waals surface area contributed by atoms with E-state index >= 15 is 0 Å². The molecule has 1 aliphatic rings. The van der Waals surface area contributed by atoms with Gasteiger partial charge in [-0.05, 0) is 57.1 Å². The zero-order valence-corrected chi connectivity index (χ0v) is 21.8. The number of imidazole rings is 1. The maximum atomic E-state index is 6.01. The highest BCUT2D eigenvalue weighted by Gasteiger charge is 2.17. The number of aromatic amines is 2. The molecule has 1 saturated heterocycles. The van der Waals surface area contributed by atoms with Gasteiger partial charge in [0.1, 0.15) is 23.6 Å². The molecule has 0 radical (unpaired) electrons. The minimum atomic E-state index is 0.650. The third-order valence-corrected chi connectivity index (χ3v) is 7.99. The Balaban J connectivity index is 1.20. The van der Waals surface area contributed by atoms with Crippen molar-refractivity contribution in [3.63, 3.8) is 0 Å². The van der Waals surface area contributed by atoms with Gasteiger partial charge >= 0.3 is 0 Å². The highest BCUT2D eigenvalue weighted by atomic mass is 32.1. The first kappa shape index (κ1) is 23.0. The predicted molar refractivity (Wildman–Crippen MR) is 149 cm³/mol. The molecular weight excluding hydrogens is 496 g/mol. The summed E-state index contributed by atoms with van der Waals surface area (Å²) in [6, 6.07) is 8.25. The van der Waals surface area contributed by atoms with Crippen molar-refractivity contribution >= 4 is 33.3 Å². The van der Waals surface area contributed by atoms with E-state index in [2.05, 4.69) is 54.1 Å². The quantitative estimate of drug-likeness (QED) is 0.286. The lowest BCUT2D eigenvalue weighted by molar-refractivity contribution is 0.237. The normalized spacial score (nSPS) is 14.1. The van der Waals surface area contributed by atoms with E-state index in [1.807, 2.05) is 24.5 Å². The molecule has 0 unspecified atom stereocenters. The first-order chi connectivity index (χ1) is 18.7. The van der Waals surface area contributed by atoms with Crippen LogP contribution in [0.5, 0.6) is 5.75 Å². The second kappa shape index (κ2) is 9.62. The molecule has 1 fully saturated rings. The number of aromatic nitrogens is 7. The molecular formula is C28H26N8OS. The fraction of sp³-hybridized carbons (Fsp3) is 0.250. The molecule has 0 saturated carbocycles. The number of nitrogens with one attached hydrogen (secondary N) is 2. The van der Waals surface area contributed by atoms with Crippen LogP contribution in [0, 0.1) is 6.92 Å². The Bertz CT molecular complexity index is 1750. The third-order valence-electron chi connectivity index (χ3n) is 6.96. The summed E-state index contributed by atoms with van der Waals surface area (Å²) in [7, 11) is 0. The number of aryl methyl sites for hydroxylation is 1. The van der Waals surface area contributed by atoms with Crippen molar-refractivity contribution in [3.05, 3.63) is 60.1 Å². The van der Waals surface area contributed by atoms with Gasteiger partial charge in [-0.15, -0.1) is 11.3 Å². The Morgan fingerprint density at radius 2 is 1.89 bits per heavy atom. The second-order valence-corrected chi connectivity index (χ2v) is 10.9. The lowest BCUT2D eigenvalue weighted by atomic mass is 10.1. The standard InChI is InChI=1S/C28H26N8OS/c1-17-4-5-25(38-17)21-14-30-15-24-26(21)33-28(32-24)27-20-11-22(31-16-23(20)34-35-27)18-10-19(13-29-12-18)37-9-8-36-6-2-3-7-36/h4-5,10-16H,2-3,6-9H2,1H3,(H,32,33)(H,34,35). The lowest BCUT2D eigenvalue weighted by Gasteiger charge is -2.15. The molecule has 0 spiro atoms. The minimum Gasteiger partial charge on any atom is -0.491 e. The van der Waals surface area contributed by atoms with Gasteiger partial charge in [-0.3, -0.25) is 25.0 Å². The summed E-state index contributed by atoms with van der Waals surface area (Å²) >= 11 is 1.73. The van der Waals surface area contributed by atoms with Gasteiger partial charge in [-0.1, -0.05) is 0 Å². The van der Waals surface area contributed by atoms with Gasteiger partial charge < -0.3 is 9.72 Å². The third kappa shape index (κ3) is 4.31. The van der Waals surface area contributed by atoms with Gasteiger partial charge in [0.25, 0.3) is 0 Å². The highest BCUT2D eigenvalue weighted by Crippen LogP contribution is 2.34. The molecule has 0 atom stereocenters. The van der Waals surface area contributed by atoms with Crippen LogP contribution in [0.25, 0.3) is 55.2 Å². The molecule has 7 rings (SSSR count). The number of rotatable bonds is 7. The van der Waals surface area contributed by atoms with Crippen molar-refractivity contribution in [2.45, 2.75) is 19.8 Å². The number of hydrogen-bond acceptors (Lipinski definition) is 8. The van der Waals surface area contributed by atoms with Crippen LogP contribution in [0.1, 0.15) is 17.7 Å². The van der Waals surface area contributed by atoms with Crippen molar-refractivity contribution in [2.75, 3.05) is 26.2 Å². The van der Waals surface area contributed by atoms with Gasteiger partial charge in [-0.25, -0.2) is 4.98 Å². The van der Waals surface area contributed by atoms with Crippen LogP contribution in [-0.4, -0.2) is 66.3 Å². The number of likely N-dealkylation sites (tertiary alicyclic amines) is 1. The first-order valence-corrected chi connectivity index (χ1v) is 13.6. The zero-order chi connectivity index (χ0) is 25.5. The Morgan fingerprint density at radius 1 is 1.00 bits per heavy atom. The molecule has 0 aromatic carbocycles. The molecule has 10 heteroatoms. The average molecular weight is 523 g/mol. The smallest absolute Gasteiger partial charge is 0.159 e. The van der Waals surface area contributed by atoms with E-state index in [9.17, 15) is 0 Å². The Labute approximate surface area is 223 Å². The largest absolute Gasteiger partial charge is 0.491 e. The van der Waals surface area contributed by atoms with Gasteiger partial charge in [-0.2, -0.15) is 5.10 Å². The van der Waals surface area contributed by atoms with Crippen molar-refractivity contribution in [1.82, 2.24) is 40.0 Å². The van der Waals surface area contributed by atoms with E-state index in [-0.39, 0.29) is 0 Å². The van der Waals surface area contributed by atoms with Crippen LogP contribution in [0.2, 0.25) is 0 Å². The van der Waals surface area contributed by atoms with Crippen molar-refractivity contribution in [2.24, 2.45) is 0 Å². The van der Waals surface area contributed by atoms with Crippen molar-refractivity contribution < 1.29 is 4.74 Å². The maximum absolute atomic E-state index is 6.01. The number of pyridine rings is 3. The summed E-state index contributed by atoms with van der Waals surface area (Å²) in [6.45, 7) is 6.01. The van der Waals surface area contributed by atoms with E-state index in [0.717, 1.165) is 74.7 Å². The Morgan fingerprint density at radius 3 is 2.76 bits per heavy atom. The van der Waals surface area contributed by atoms with Gasteiger partial charge in [0, 0.05) is 45.2 Å². The summed E-state index contributed by atoms with van der Waals surface area (Å²) in [5.74, 6) is 1.43. The van der Waals surface area contributed by atoms with E-state index in [1.165, 1.54) is 17.7 Å². The summed E-state index contributed by atoms with van der Waals surface area (Å²) in [5, 5.41) is 8.60. The number of thiophene rings is 1. The molecule has 0 aliphatic carbocycles. The lowest BCUT2D eigenvalue weighted by Crippen LogP contribution is -2.25. The zero-order valence-electron chi connectivity index (χ0n) is 20.9. The molecule has 190 valence electrons. The topological polar surface area (TPSA) is 108 Å². The van der Waals surface area contributed by atoms with E-state index in [0.29, 0.717) is 12.4 Å². The average Bonchev–Trinajstić information content (AvgIpc) is 3.74. The van der Waals surface area contributed by atoms with Crippen LogP contribution >= 0.6 is 11.3 Å². The predicted octanol–water partition coefficient (Wildman–Crippen LogP) is 5.47. The maximum Gasteiger partial charge on any atom is 0.159 e. The highest BCUT2D eigenvalue weighted by molar-refractivity contribution is 7.15. The SMILES string of the molecule is Cc1ccc(-c2cncc3[nH]c(-c4n[nH]c5cnc(-c6cncc(OCCN7CCCC7)c6)cc45)nc23)s1. The first-order valence-electron chi connectivity index (χ1n) is 12.8. The van der Waals surface area contributed by atoms with Gasteiger partial charge in [0.15, 0.2) is 5.82 Å². The van der Waals surface area contributed by atoms with Crippen LogP contribution < -0.4 is 4.74 Å². The van der Waals surface area contributed by atoms with E-state index in [4.69, 9.17) is 9.72 Å². The fourth-order valence-electron chi connectivity index (χ4n) is 5.00. The molecule has 6 aromatic rings. The molecule has 2 N–H and O–H groups in total. The molecule has 38 heavy (non-hydrogen) atoms. The number of fused-ring (bicyclic) bond motifs is 2. The molecule has 1 aliphatic heterocycles. The molecule has 0 amide bonds. The minimum absolute atomic E-state index is 0.650. The van der Waals surface area contributed by atoms with Crippen LogP contribution in [0.4, 0.5) is 0 Å². The number of H-pyrrole nitrogens is 2. The Kier molecular flexibility index (Phi) is 5.82. The summed E-state index contributed by atoms with van der Waals surface area (Å²) in [4.78, 5) is 26.7. The summed E-state index contributed by atoms with van der Waals surface area (Å²) in [6.07, 6.45) is 11.6. The van der Waals surface area contributed by atoms with Crippen LogP contribution in [-0.2, 0) is 0 Å². The van der Waals surface area contributed by atoms with Gasteiger partial charge in [0.05, 0.1) is 35.3 Å². The molecule has 0 bridgehead atoms. The van der Waals surface area contributed by atoms with Crippen LogP contribution in [0.15, 0.2) is 55.2 Å². The molecule has 9 nitrogen and oxygen atoms in total. The molecule has 6 aromatic heterocycles. The van der Waals surface area contributed by atoms with Crippen LogP contribution in [0.3, 0.4) is 0 Å². The number of hydrogen-bond donors (Lipinski definition) is 2. The summed E-state index contributed by atoms with van der Waals surface area (Å²) < 4.78 is 6.01. The monoisotopic (exact) mass is 522 g/mol. The van der Waals surface area contributed by atoms with E-state index in [1.54, 1.807) is 29.9 Å². The van der Waals surface area contributed by atoms with E-state index < -0.39 is 0 Å². The number of ether oxygens (including phenoxy) is 1. The van der Waals surface area contributed by atoms with Crippen molar-refractivity contribution in [3.8, 4) is 39.0 Å². The second-order valence-electron chi connectivity index (χ2n) is 9.57. The number of nitrogens with zero attached hydrogens (tertiary/aromatic N) is 6. The Hall–Kier alpha value is -4.15.